The van der Waals surface area contributed by atoms with E-state index >= 15 is 0 Å². The lowest BCUT2D eigenvalue weighted by Crippen LogP contribution is -2.46. The van der Waals surface area contributed by atoms with Crippen LogP contribution in [0.2, 0.25) is 0 Å². The van der Waals surface area contributed by atoms with Gasteiger partial charge in [0.25, 0.3) is 0 Å². The third kappa shape index (κ3) is 3.35. The molecular weight excluding hydrogens is 352 g/mol. The Bertz CT molecular complexity index is 884. The van der Waals surface area contributed by atoms with Crippen LogP contribution in [0, 0.1) is 29.6 Å². The van der Waals surface area contributed by atoms with E-state index in [1.54, 1.807) is 11.1 Å². The molecule has 0 N–H and O–H groups in total. The standard InChI is InChI=1S/C28H35O/c1-18(2)6-4-5-7-22-17-28(3)25(14-15-26(28)29)24-13-11-21-16-20(19-8-9-19)10-12-23(21)27(22)24/h6,8-10,12,16,22,24-25,27H,4-5,7,11,13-15,17H2,1-3H3/t22-,24?,25?,27?,28-/m0/s1. The maximum absolute atomic E-state index is 12.9. The predicted molar refractivity (Wildman–Crippen MR) is 120 cm³/mol. The summed E-state index contributed by atoms with van der Waals surface area (Å²) in [7, 11) is 0. The number of carbonyl (C=O) groups excluding carboxylic acids is 1. The zero-order valence-corrected chi connectivity index (χ0v) is 18.3. The summed E-state index contributed by atoms with van der Waals surface area (Å²) in [6.45, 7) is 6.71. The van der Waals surface area contributed by atoms with Gasteiger partial charge in [-0.15, -0.1) is 0 Å². The molecule has 0 bridgehead atoms. The summed E-state index contributed by atoms with van der Waals surface area (Å²) >= 11 is 0. The SMILES string of the molecule is CC(C)=CCCC[C@H]1C[C@]2(C)C(=O)CCC2C2CCc3cc(C4=C[CH]4)ccc3C21. The summed E-state index contributed by atoms with van der Waals surface area (Å²) in [5, 5.41) is 0. The Morgan fingerprint density at radius 2 is 2.03 bits per heavy atom. The molecule has 2 fully saturated rings. The maximum Gasteiger partial charge on any atom is 0.139 e. The number of carbonyl (C=O) groups is 1. The summed E-state index contributed by atoms with van der Waals surface area (Å²) in [6.07, 6.45) is 16.1. The van der Waals surface area contributed by atoms with Gasteiger partial charge in [0.15, 0.2) is 0 Å². The van der Waals surface area contributed by atoms with Crippen molar-refractivity contribution >= 4 is 11.4 Å². The van der Waals surface area contributed by atoms with Crippen LogP contribution in [0.25, 0.3) is 5.57 Å². The van der Waals surface area contributed by atoms with Crippen molar-refractivity contribution in [3.63, 3.8) is 0 Å². The molecule has 4 aliphatic rings. The molecule has 153 valence electrons. The minimum Gasteiger partial charge on any atom is -0.299 e. The van der Waals surface area contributed by atoms with Crippen molar-refractivity contribution in [1.82, 2.24) is 0 Å². The van der Waals surface area contributed by atoms with Gasteiger partial charge in [0.2, 0.25) is 0 Å². The molecule has 1 heteroatoms. The number of benzene rings is 1. The summed E-state index contributed by atoms with van der Waals surface area (Å²) in [4.78, 5) is 12.9. The topological polar surface area (TPSA) is 17.1 Å². The van der Waals surface area contributed by atoms with Crippen molar-refractivity contribution in [1.29, 1.82) is 0 Å². The number of aryl methyl sites for hydroxylation is 1. The van der Waals surface area contributed by atoms with Crippen LogP contribution in [-0.2, 0) is 11.2 Å². The molecule has 5 rings (SSSR count). The summed E-state index contributed by atoms with van der Waals surface area (Å²) < 4.78 is 0. The molecule has 1 aromatic carbocycles. The Morgan fingerprint density at radius 1 is 1.21 bits per heavy atom. The number of unbranched alkanes of at least 4 members (excludes halogenated alkanes) is 1. The molecule has 1 nitrogen and oxygen atoms in total. The lowest BCUT2D eigenvalue weighted by Gasteiger charge is -2.52. The molecular formula is C28H35O. The summed E-state index contributed by atoms with van der Waals surface area (Å²) in [5.41, 5.74) is 7.40. The molecule has 1 aromatic rings. The van der Waals surface area contributed by atoms with Crippen LogP contribution in [0.4, 0.5) is 0 Å². The highest BCUT2D eigenvalue weighted by atomic mass is 16.1. The number of rotatable bonds is 5. The van der Waals surface area contributed by atoms with Gasteiger partial charge in [-0.2, -0.15) is 0 Å². The molecule has 29 heavy (non-hydrogen) atoms. The average molecular weight is 388 g/mol. The number of Topliss-reactive ketones (excluding diaryl/α,β-unsaturated/α-hetero) is 1. The van der Waals surface area contributed by atoms with Gasteiger partial charge in [-0.3, -0.25) is 4.79 Å². The molecule has 0 amide bonds. The van der Waals surface area contributed by atoms with E-state index in [4.69, 9.17) is 0 Å². The molecule has 5 atom stereocenters. The van der Waals surface area contributed by atoms with Crippen LogP contribution < -0.4 is 0 Å². The first-order chi connectivity index (χ1) is 14.0. The normalized spacial score (nSPS) is 34.7. The molecule has 0 aliphatic heterocycles. The van der Waals surface area contributed by atoms with Gasteiger partial charge >= 0.3 is 0 Å². The van der Waals surface area contributed by atoms with E-state index in [0.29, 0.717) is 29.5 Å². The smallest absolute Gasteiger partial charge is 0.139 e. The second kappa shape index (κ2) is 7.25. The second-order valence-corrected chi connectivity index (χ2v) is 10.6. The van der Waals surface area contributed by atoms with Crippen molar-refractivity contribution in [3.8, 4) is 0 Å². The molecule has 0 spiro atoms. The number of allylic oxidation sites excluding steroid dienone is 4. The van der Waals surface area contributed by atoms with Gasteiger partial charge in [-0.1, -0.05) is 42.8 Å². The van der Waals surface area contributed by atoms with E-state index in [2.05, 4.69) is 57.5 Å². The molecule has 1 radical (unpaired) electrons. The van der Waals surface area contributed by atoms with Crippen LogP contribution in [0.15, 0.2) is 35.9 Å². The van der Waals surface area contributed by atoms with Crippen LogP contribution in [0.5, 0.6) is 0 Å². The first-order valence-corrected chi connectivity index (χ1v) is 11.8. The number of hydrogen-bond donors (Lipinski definition) is 0. The Labute approximate surface area is 176 Å². The zero-order chi connectivity index (χ0) is 20.2. The maximum atomic E-state index is 12.9. The molecule has 2 saturated carbocycles. The predicted octanol–water partition coefficient (Wildman–Crippen LogP) is 7.08. The van der Waals surface area contributed by atoms with E-state index in [9.17, 15) is 4.79 Å². The van der Waals surface area contributed by atoms with Crippen molar-refractivity contribution < 1.29 is 4.79 Å². The quantitative estimate of drug-likeness (QED) is 0.390. The third-order valence-electron chi connectivity index (χ3n) is 8.56. The average Bonchev–Trinajstić information content (AvgIpc) is 3.50. The van der Waals surface area contributed by atoms with Gasteiger partial charge < -0.3 is 0 Å². The van der Waals surface area contributed by atoms with Crippen LogP contribution in [0.1, 0.15) is 88.3 Å². The van der Waals surface area contributed by atoms with Gasteiger partial charge in [0, 0.05) is 18.3 Å². The third-order valence-corrected chi connectivity index (χ3v) is 8.56. The van der Waals surface area contributed by atoms with E-state index < -0.39 is 0 Å². The van der Waals surface area contributed by atoms with E-state index in [0.717, 1.165) is 19.3 Å². The highest BCUT2D eigenvalue weighted by Gasteiger charge is 2.57. The fourth-order valence-electron chi connectivity index (χ4n) is 7.12. The highest BCUT2D eigenvalue weighted by Crippen LogP contribution is 2.62. The largest absolute Gasteiger partial charge is 0.299 e. The number of ketones is 1. The number of hydrogen-bond acceptors (Lipinski definition) is 1. The molecule has 0 heterocycles. The minimum atomic E-state index is -0.0480. The fraction of sp³-hybridized carbons (Fsp3) is 0.571. The van der Waals surface area contributed by atoms with Gasteiger partial charge in [0.05, 0.1) is 0 Å². The van der Waals surface area contributed by atoms with Gasteiger partial charge in [0.1, 0.15) is 5.78 Å². The van der Waals surface area contributed by atoms with Crippen LogP contribution >= 0.6 is 0 Å². The first kappa shape index (κ1) is 19.3. The Balaban J connectivity index is 1.47. The monoisotopic (exact) mass is 387 g/mol. The molecule has 0 saturated heterocycles. The zero-order valence-electron chi connectivity index (χ0n) is 18.3. The Kier molecular flexibility index (Phi) is 4.84. The Hall–Kier alpha value is -1.63. The van der Waals surface area contributed by atoms with E-state index in [1.807, 2.05) is 0 Å². The lowest BCUT2D eigenvalue weighted by molar-refractivity contribution is -0.131. The van der Waals surface area contributed by atoms with Crippen molar-refractivity contribution in [2.24, 2.45) is 23.2 Å². The molecule has 3 unspecified atom stereocenters. The van der Waals surface area contributed by atoms with Gasteiger partial charge in [-0.25, -0.2) is 0 Å². The summed E-state index contributed by atoms with van der Waals surface area (Å²) in [5.74, 6) is 3.21. The van der Waals surface area contributed by atoms with Crippen LogP contribution in [0.3, 0.4) is 0 Å². The van der Waals surface area contributed by atoms with Crippen molar-refractivity contribution in [2.75, 3.05) is 0 Å². The fourth-order valence-corrected chi connectivity index (χ4v) is 7.12. The van der Waals surface area contributed by atoms with E-state index in [-0.39, 0.29) is 5.41 Å². The lowest BCUT2D eigenvalue weighted by atomic mass is 9.51. The van der Waals surface area contributed by atoms with Crippen molar-refractivity contribution in [2.45, 2.75) is 78.1 Å². The van der Waals surface area contributed by atoms with Crippen LogP contribution in [-0.4, -0.2) is 5.78 Å². The second-order valence-electron chi connectivity index (χ2n) is 10.6. The number of fused-ring (bicyclic) bond motifs is 5. The van der Waals surface area contributed by atoms with E-state index in [1.165, 1.54) is 48.8 Å². The molecule has 4 aliphatic carbocycles. The minimum absolute atomic E-state index is 0.0480. The molecule has 0 aromatic heterocycles. The van der Waals surface area contributed by atoms with Gasteiger partial charge in [-0.05, 0) is 105 Å². The highest BCUT2D eigenvalue weighted by molar-refractivity contribution is 5.88. The summed E-state index contributed by atoms with van der Waals surface area (Å²) in [6, 6.07) is 7.27. The Morgan fingerprint density at radius 3 is 2.79 bits per heavy atom. The first-order valence-electron chi connectivity index (χ1n) is 11.8. The van der Waals surface area contributed by atoms with Crippen molar-refractivity contribution in [3.05, 3.63) is 59.0 Å².